The summed E-state index contributed by atoms with van der Waals surface area (Å²) in [6.07, 6.45) is 1.91. The Labute approximate surface area is 111 Å². The predicted octanol–water partition coefficient (Wildman–Crippen LogP) is 3.90. The van der Waals surface area contributed by atoms with Crippen LogP contribution in [-0.4, -0.2) is 4.57 Å². The Bertz CT molecular complexity index is 703. The van der Waals surface area contributed by atoms with Crippen molar-refractivity contribution in [2.45, 2.75) is 6.61 Å². The molecule has 2 aromatic carbocycles. The number of rotatable bonds is 3. The van der Waals surface area contributed by atoms with Gasteiger partial charge in [0.2, 0.25) is 0 Å². The van der Waals surface area contributed by atoms with Crippen LogP contribution in [0.1, 0.15) is 5.56 Å². The molecule has 1 heterocycles. The molecule has 0 aliphatic rings. The molecule has 3 aromatic rings. The van der Waals surface area contributed by atoms with E-state index in [1.54, 1.807) is 10.6 Å². The van der Waals surface area contributed by atoms with Gasteiger partial charge in [-0.15, -0.1) is 0 Å². The Balaban J connectivity index is 1.92. The lowest BCUT2D eigenvalue weighted by Crippen LogP contribution is -1.94. The third kappa shape index (κ3) is 2.19. The smallest absolute Gasteiger partial charge is 0.147 e. The van der Waals surface area contributed by atoms with Gasteiger partial charge in [-0.3, -0.25) is 0 Å². The van der Waals surface area contributed by atoms with Crippen LogP contribution in [0.15, 0.2) is 54.7 Å². The van der Waals surface area contributed by atoms with Crippen LogP contribution in [0.5, 0.6) is 5.75 Å². The monoisotopic (exact) mass is 255 g/mol. The highest BCUT2D eigenvalue weighted by atomic mass is 19.1. The molecule has 0 saturated carbocycles. The highest BCUT2D eigenvalue weighted by molar-refractivity contribution is 5.84. The fraction of sp³-hybridized carbons (Fsp3) is 0.125. The molecule has 0 bridgehead atoms. The maximum absolute atomic E-state index is 13.8. The van der Waals surface area contributed by atoms with Gasteiger partial charge in [0, 0.05) is 24.2 Å². The topological polar surface area (TPSA) is 14.2 Å². The van der Waals surface area contributed by atoms with Gasteiger partial charge in [-0.05, 0) is 18.2 Å². The first-order chi connectivity index (χ1) is 9.25. The Kier molecular flexibility index (Phi) is 2.95. The highest BCUT2D eigenvalue weighted by Crippen LogP contribution is 2.24. The predicted molar refractivity (Wildman–Crippen MR) is 73.7 cm³/mol. The number of fused-ring (bicyclic) bond motifs is 1. The first kappa shape index (κ1) is 11.8. The summed E-state index contributed by atoms with van der Waals surface area (Å²) in [5, 5.41) is 0.901. The first-order valence-corrected chi connectivity index (χ1v) is 6.16. The average Bonchev–Trinajstić information content (AvgIpc) is 2.76. The van der Waals surface area contributed by atoms with Gasteiger partial charge in [-0.25, -0.2) is 4.39 Å². The Morgan fingerprint density at radius 3 is 2.63 bits per heavy atom. The van der Waals surface area contributed by atoms with Gasteiger partial charge >= 0.3 is 0 Å². The van der Waals surface area contributed by atoms with Crippen LogP contribution >= 0.6 is 0 Å². The van der Waals surface area contributed by atoms with Crippen molar-refractivity contribution in [2.24, 2.45) is 7.05 Å². The molecule has 0 radical (unpaired) electrons. The molecule has 0 aliphatic carbocycles. The van der Waals surface area contributed by atoms with Crippen LogP contribution in [0, 0.1) is 5.82 Å². The zero-order valence-corrected chi connectivity index (χ0v) is 10.6. The lowest BCUT2D eigenvalue weighted by molar-refractivity contribution is 0.307. The van der Waals surface area contributed by atoms with Gasteiger partial charge in [0.15, 0.2) is 0 Å². The van der Waals surface area contributed by atoms with Crippen LogP contribution in [0.4, 0.5) is 4.39 Å². The largest absolute Gasteiger partial charge is 0.489 e. The summed E-state index contributed by atoms with van der Waals surface area (Å²) < 4.78 is 21.3. The maximum Gasteiger partial charge on any atom is 0.147 e. The summed E-state index contributed by atoms with van der Waals surface area (Å²) in [5.41, 5.74) is 1.61. The van der Waals surface area contributed by atoms with E-state index in [0.29, 0.717) is 12.1 Å². The van der Waals surface area contributed by atoms with Crippen molar-refractivity contribution in [3.05, 3.63) is 66.1 Å². The molecular formula is C16H14FNO. The molecule has 0 spiro atoms. The van der Waals surface area contributed by atoms with Crippen molar-refractivity contribution in [3.8, 4) is 5.75 Å². The van der Waals surface area contributed by atoms with Crippen molar-refractivity contribution >= 4 is 10.9 Å². The van der Waals surface area contributed by atoms with Gasteiger partial charge in [0.1, 0.15) is 18.2 Å². The minimum absolute atomic E-state index is 0.203. The number of halogens is 1. The highest BCUT2D eigenvalue weighted by Gasteiger charge is 2.10. The van der Waals surface area contributed by atoms with Crippen molar-refractivity contribution in [2.75, 3.05) is 0 Å². The molecule has 19 heavy (non-hydrogen) atoms. The number of benzene rings is 2. The summed E-state index contributed by atoms with van der Waals surface area (Å²) in [6.45, 7) is 0.435. The molecule has 0 N–H and O–H groups in total. The van der Waals surface area contributed by atoms with E-state index in [2.05, 4.69) is 0 Å². The van der Waals surface area contributed by atoms with Crippen LogP contribution in [0.3, 0.4) is 0 Å². The summed E-state index contributed by atoms with van der Waals surface area (Å²) in [6, 6.07) is 14.7. The van der Waals surface area contributed by atoms with Crippen molar-refractivity contribution in [3.63, 3.8) is 0 Å². The lowest BCUT2D eigenvalue weighted by atomic mass is 10.2. The number of hydrogen-bond donors (Lipinski definition) is 0. The van der Waals surface area contributed by atoms with E-state index >= 15 is 0 Å². The number of aromatic nitrogens is 1. The molecule has 96 valence electrons. The van der Waals surface area contributed by atoms with Gasteiger partial charge in [0.05, 0.1) is 5.52 Å². The standard InChI is InChI=1S/C16H14FNO/c1-18-10-12(11-19-13-6-3-2-4-7-13)14-8-5-9-15(17)16(14)18/h2-10H,11H2,1H3. The third-order valence-corrected chi connectivity index (χ3v) is 3.17. The second-order valence-electron chi connectivity index (χ2n) is 4.50. The molecule has 2 nitrogen and oxygen atoms in total. The van der Waals surface area contributed by atoms with Gasteiger partial charge in [-0.1, -0.05) is 30.3 Å². The normalized spacial score (nSPS) is 10.8. The number of ether oxygens (including phenoxy) is 1. The van der Waals surface area contributed by atoms with E-state index in [1.165, 1.54) is 6.07 Å². The van der Waals surface area contributed by atoms with E-state index in [1.807, 2.05) is 49.6 Å². The number of aryl methyl sites for hydroxylation is 1. The van der Waals surface area contributed by atoms with Crippen LogP contribution < -0.4 is 4.74 Å². The summed E-state index contributed by atoms with van der Waals surface area (Å²) in [5.74, 6) is 0.613. The molecule has 1 aromatic heterocycles. The van der Waals surface area contributed by atoms with Crippen molar-refractivity contribution in [1.29, 1.82) is 0 Å². The number of nitrogens with zero attached hydrogens (tertiary/aromatic N) is 1. The summed E-state index contributed by atoms with van der Waals surface area (Å²) >= 11 is 0. The average molecular weight is 255 g/mol. The van der Waals surface area contributed by atoms with E-state index < -0.39 is 0 Å². The van der Waals surface area contributed by atoms with Gasteiger partial charge in [0.25, 0.3) is 0 Å². The third-order valence-electron chi connectivity index (χ3n) is 3.17. The van der Waals surface area contributed by atoms with E-state index in [0.717, 1.165) is 16.7 Å². The van der Waals surface area contributed by atoms with Crippen LogP contribution in [0.25, 0.3) is 10.9 Å². The number of para-hydroxylation sites is 2. The minimum atomic E-state index is -0.203. The van der Waals surface area contributed by atoms with E-state index in [4.69, 9.17) is 4.74 Å². The summed E-state index contributed by atoms with van der Waals surface area (Å²) in [4.78, 5) is 0. The first-order valence-electron chi connectivity index (χ1n) is 6.16. The molecule has 3 heteroatoms. The SMILES string of the molecule is Cn1cc(COc2ccccc2)c2cccc(F)c21. The fourth-order valence-corrected chi connectivity index (χ4v) is 2.29. The second kappa shape index (κ2) is 4.76. The quantitative estimate of drug-likeness (QED) is 0.692. The Morgan fingerprint density at radius 1 is 1.05 bits per heavy atom. The number of hydrogen-bond acceptors (Lipinski definition) is 1. The zero-order chi connectivity index (χ0) is 13.2. The van der Waals surface area contributed by atoms with E-state index in [-0.39, 0.29) is 5.82 Å². The van der Waals surface area contributed by atoms with Gasteiger partial charge in [-0.2, -0.15) is 0 Å². The van der Waals surface area contributed by atoms with Crippen LogP contribution in [0.2, 0.25) is 0 Å². The van der Waals surface area contributed by atoms with E-state index in [9.17, 15) is 4.39 Å². The molecule has 0 saturated heterocycles. The molecule has 3 rings (SSSR count). The fourth-order valence-electron chi connectivity index (χ4n) is 2.29. The second-order valence-corrected chi connectivity index (χ2v) is 4.50. The Hall–Kier alpha value is -2.29. The molecule has 0 unspecified atom stereocenters. The van der Waals surface area contributed by atoms with Gasteiger partial charge < -0.3 is 9.30 Å². The molecule has 0 atom stereocenters. The maximum atomic E-state index is 13.8. The lowest BCUT2D eigenvalue weighted by Gasteiger charge is -2.04. The van der Waals surface area contributed by atoms with Crippen LogP contribution in [-0.2, 0) is 13.7 Å². The molecular weight excluding hydrogens is 241 g/mol. The zero-order valence-electron chi connectivity index (χ0n) is 10.6. The van der Waals surface area contributed by atoms with Crippen molar-refractivity contribution in [1.82, 2.24) is 4.57 Å². The molecule has 0 amide bonds. The van der Waals surface area contributed by atoms with Crippen molar-refractivity contribution < 1.29 is 9.13 Å². The molecule has 0 aliphatic heterocycles. The molecule has 0 fully saturated rings. The summed E-state index contributed by atoms with van der Waals surface area (Å²) in [7, 11) is 1.84. The minimum Gasteiger partial charge on any atom is -0.489 e. The Morgan fingerprint density at radius 2 is 1.84 bits per heavy atom.